The van der Waals surface area contributed by atoms with E-state index >= 15 is 0 Å². The van der Waals surface area contributed by atoms with Crippen LogP contribution in [0.1, 0.15) is 25.1 Å². The molecule has 1 atom stereocenters. The molecular formula is C11H18N2O. The van der Waals surface area contributed by atoms with E-state index in [9.17, 15) is 0 Å². The van der Waals surface area contributed by atoms with Crippen molar-refractivity contribution in [2.75, 3.05) is 26.1 Å². The van der Waals surface area contributed by atoms with Gasteiger partial charge in [-0.05, 0) is 18.6 Å². The number of rotatable bonds is 4. The van der Waals surface area contributed by atoms with Gasteiger partial charge in [0.25, 0.3) is 0 Å². The Morgan fingerprint density at radius 1 is 1.50 bits per heavy atom. The zero-order valence-corrected chi connectivity index (χ0v) is 9.32. The van der Waals surface area contributed by atoms with Gasteiger partial charge in [0.1, 0.15) is 0 Å². The standard InChI is InChI=1S/C11H18N2O/c1-5-11(14-4)10-8-9(13(2)3)6-7-12-10/h6-8,11H,5H2,1-4H3/t11-/m0/s1. The van der Waals surface area contributed by atoms with Crippen LogP contribution in [0.15, 0.2) is 18.3 Å². The smallest absolute Gasteiger partial charge is 0.0988 e. The van der Waals surface area contributed by atoms with E-state index in [0.717, 1.165) is 17.8 Å². The molecule has 3 heteroatoms. The summed E-state index contributed by atoms with van der Waals surface area (Å²) in [4.78, 5) is 6.38. The maximum absolute atomic E-state index is 5.34. The van der Waals surface area contributed by atoms with Crippen LogP contribution in [0.5, 0.6) is 0 Å². The second-order valence-electron chi connectivity index (χ2n) is 3.47. The van der Waals surface area contributed by atoms with Crippen LogP contribution >= 0.6 is 0 Å². The molecule has 0 saturated carbocycles. The van der Waals surface area contributed by atoms with E-state index in [-0.39, 0.29) is 6.10 Å². The highest BCUT2D eigenvalue weighted by atomic mass is 16.5. The second-order valence-corrected chi connectivity index (χ2v) is 3.47. The molecular weight excluding hydrogens is 176 g/mol. The predicted octanol–water partition coefficient (Wildman–Crippen LogP) is 2.25. The quantitative estimate of drug-likeness (QED) is 0.735. The number of hydrogen-bond acceptors (Lipinski definition) is 3. The fourth-order valence-electron chi connectivity index (χ4n) is 1.39. The van der Waals surface area contributed by atoms with Crippen molar-refractivity contribution in [3.8, 4) is 0 Å². The molecule has 0 aliphatic heterocycles. The summed E-state index contributed by atoms with van der Waals surface area (Å²) in [6, 6.07) is 4.06. The highest BCUT2D eigenvalue weighted by Gasteiger charge is 2.09. The van der Waals surface area contributed by atoms with Gasteiger partial charge in [-0.15, -0.1) is 0 Å². The number of aromatic nitrogens is 1. The molecule has 0 radical (unpaired) electrons. The van der Waals surface area contributed by atoms with Gasteiger partial charge in [-0.25, -0.2) is 0 Å². The van der Waals surface area contributed by atoms with Gasteiger partial charge >= 0.3 is 0 Å². The Morgan fingerprint density at radius 3 is 2.71 bits per heavy atom. The van der Waals surface area contributed by atoms with Crippen LogP contribution < -0.4 is 4.90 Å². The summed E-state index contributed by atoms with van der Waals surface area (Å²) >= 11 is 0. The van der Waals surface area contributed by atoms with E-state index in [2.05, 4.69) is 22.9 Å². The molecule has 0 bridgehead atoms. The van der Waals surface area contributed by atoms with Crippen LogP contribution in [0, 0.1) is 0 Å². The fourth-order valence-corrected chi connectivity index (χ4v) is 1.39. The number of methoxy groups -OCH3 is 1. The number of nitrogens with zero attached hydrogens (tertiary/aromatic N) is 2. The minimum absolute atomic E-state index is 0.106. The summed E-state index contributed by atoms with van der Waals surface area (Å²) in [5, 5.41) is 0. The van der Waals surface area contributed by atoms with Gasteiger partial charge in [-0.3, -0.25) is 4.98 Å². The molecule has 3 nitrogen and oxygen atoms in total. The Hall–Kier alpha value is -1.09. The molecule has 1 heterocycles. The highest BCUT2D eigenvalue weighted by Crippen LogP contribution is 2.21. The number of ether oxygens (including phenoxy) is 1. The van der Waals surface area contributed by atoms with E-state index < -0.39 is 0 Å². The average molecular weight is 194 g/mol. The molecule has 0 aliphatic rings. The minimum atomic E-state index is 0.106. The van der Waals surface area contributed by atoms with Crippen molar-refractivity contribution in [1.29, 1.82) is 0 Å². The number of anilines is 1. The van der Waals surface area contributed by atoms with Crippen molar-refractivity contribution in [3.05, 3.63) is 24.0 Å². The van der Waals surface area contributed by atoms with Crippen molar-refractivity contribution >= 4 is 5.69 Å². The van der Waals surface area contributed by atoms with Crippen LogP contribution in [-0.2, 0) is 4.74 Å². The molecule has 0 fully saturated rings. The zero-order valence-electron chi connectivity index (χ0n) is 9.32. The summed E-state index contributed by atoms with van der Waals surface area (Å²) in [6.07, 6.45) is 2.88. The summed E-state index contributed by atoms with van der Waals surface area (Å²) < 4.78 is 5.34. The van der Waals surface area contributed by atoms with E-state index in [1.165, 1.54) is 0 Å². The third kappa shape index (κ3) is 2.45. The van der Waals surface area contributed by atoms with Gasteiger partial charge in [0.2, 0.25) is 0 Å². The van der Waals surface area contributed by atoms with Crippen LogP contribution in [0.4, 0.5) is 5.69 Å². The molecule has 0 N–H and O–H groups in total. The zero-order chi connectivity index (χ0) is 10.6. The first kappa shape index (κ1) is 11.0. The Bertz CT molecular complexity index is 282. The van der Waals surface area contributed by atoms with Crippen LogP contribution in [-0.4, -0.2) is 26.2 Å². The Balaban J connectivity index is 2.92. The number of hydrogen-bond donors (Lipinski definition) is 0. The lowest BCUT2D eigenvalue weighted by atomic mass is 10.1. The van der Waals surface area contributed by atoms with Gasteiger partial charge in [0.15, 0.2) is 0 Å². The number of pyridine rings is 1. The first-order chi connectivity index (χ1) is 6.69. The maximum Gasteiger partial charge on any atom is 0.0988 e. The van der Waals surface area contributed by atoms with E-state index in [1.54, 1.807) is 7.11 Å². The average Bonchev–Trinajstić information content (AvgIpc) is 2.20. The van der Waals surface area contributed by atoms with Crippen molar-refractivity contribution in [2.45, 2.75) is 19.4 Å². The summed E-state index contributed by atoms with van der Waals surface area (Å²) in [6.45, 7) is 2.10. The topological polar surface area (TPSA) is 25.4 Å². The second kappa shape index (κ2) is 4.96. The first-order valence-electron chi connectivity index (χ1n) is 4.85. The van der Waals surface area contributed by atoms with E-state index in [4.69, 9.17) is 4.74 Å². The van der Waals surface area contributed by atoms with Crippen LogP contribution in [0.25, 0.3) is 0 Å². The summed E-state index contributed by atoms with van der Waals surface area (Å²) in [7, 11) is 5.76. The molecule has 0 unspecified atom stereocenters. The maximum atomic E-state index is 5.34. The van der Waals surface area contributed by atoms with Crippen molar-refractivity contribution in [3.63, 3.8) is 0 Å². The fraction of sp³-hybridized carbons (Fsp3) is 0.545. The molecule has 1 aromatic heterocycles. The third-order valence-corrected chi connectivity index (χ3v) is 2.27. The molecule has 0 aliphatic carbocycles. The molecule has 0 amide bonds. The largest absolute Gasteiger partial charge is 0.378 e. The first-order valence-corrected chi connectivity index (χ1v) is 4.85. The SMILES string of the molecule is CC[C@H](OC)c1cc(N(C)C)ccn1. The highest BCUT2D eigenvalue weighted by molar-refractivity contribution is 5.45. The van der Waals surface area contributed by atoms with Crippen LogP contribution in [0.2, 0.25) is 0 Å². The lowest BCUT2D eigenvalue weighted by Gasteiger charge is -2.16. The van der Waals surface area contributed by atoms with Gasteiger partial charge in [-0.1, -0.05) is 6.92 Å². The lowest BCUT2D eigenvalue weighted by Crippen LogP contribution is -2.10. The molecule has 0 aromatic carbocycles. The minimum Gasteiger partial charge on any atom is -0.378 e. The van der Waals surface area contributed by atoms with Crippen molar-refractivity contribution in [2.24, 2.45) is 0 Å². The molecule has 1 rings (SSSR count). The molecule has 0 spiro atoms. The van der Waals surface area contributed by atoms with Crippen molar-refractivity contribution < 1.29 is 4.74 Å². The van der Waals surface area contributed by atoms with Gasteiger partial charge < -0.3 is 9.64 Å². The third-order valence-electron chi connectivity index (χ3n) is 2.27. The van der Waals surface area contributed by atoms with Gasteiger partial charge in [-0.2, -0.15) is 0 Å². The van der Waals surface area contributed by atoms with Crippen LogP contribution in [0.3, 0.4) is 0 Å². The van der Waals surface area contributed by atoms with Gasteiger partial charge in [0.05, 0.1) is 11.8 Å². The van der Waals surface area contributed by atoms with E-state index in [0.29, 0.717) is 0 Å². The summed E-state index contributed by atoms with van der Waals surface area (Å²) in [5.74, 6) is 0. The Kier molecular flexibility index (Phi) is 3.89. The normalized spacial score (nSPS) is 12.6. The van der Waals surface area contributed by atoms with Gasteiger partial charge in [0, 0.05) is 33.1 Å². The molecule has 0 saturated heterocycles. The Labute approximate surface area is 85.7 Å². The predicted molar refractivity (Wildman–Crippen MR) is 58.6 cm³/mol. The van der Waals surface area contributed by atoms with Crippen molar-refractivity contribution in [1.82, 2.24) is 4.98 Å². The Morgan fingerprint density at radius 2 is 2.21 bits per heavy atom. The monoisotopic (exact) mass is 194 g/mol. The van der Waals surface area contributed by atoms with E-state index in [1.807, 2.05) is 26.4 Å². The molecule has 78 valence electrons. The lowest BCUT2D eigenvalue weighted by molar-refractivity contribution is 0.0965. The summed E-state index contributed by atoms with van der Waals surface area (Å²) in [5.41, 5.74) is 2.16. The molecule has 1 aromatic rings. The molecule has 14 heavy (non-hydrogen) atoms.